The van der Waals surface area contributed by atoms with Crippen LogP contribution in [0.4, 0.5) is 0 Å². The number of Topliss-reactive ketones (excluding diaryl/α,β-unsaturated/α-hetero) is 1. The molecule has 0 aliphatic heterocycles. The molecule has 0 heterocycles. The lowest BCUT2D eigenvalue weighted by molar-refractivity contribution is -0.189. The van der Waals surface area contributed by atoms with E-state index >= 15 is 0 Å². The van der Waals surface area contributed by atoms with Crippen LogP contribution in [0.2, 0.25) is 0 Å². The molecule has 0 aromatic carbocycles. The Balaban J connectivity index is 1.66. The molecule has 0 aromatic rings. The molecule has 4 aliphatic carbocycles. The summed E-state index contributed by atoms with van der Waals surface area (Å²) in [7, 11) is 0. The second kappa shape index (κ2) is 7.06. The van der Waals surface area contributed by atoms with Gasteiger partial charge in [0.2, 0.25) is 0 Å². The average molecular weight is 401 g/mol. The molecule has 4 aliphatic rings. The summed E-state index contributed by atoms with van der Waals surface area (Å²) in [5, 5.41) is 0. The van der Waals surface area contributed by atoms with Gasteiger partial charge in [0.25, 0.3) is 0 Å². The highest BCUT2D eigenvalue weighted by Gasteiger charge is 2.67. The van der Waals surface area contributed by atoms with Crippen molar-refractivity contribution in [2.45, 2.75) is 97.5 Å². The minimum absolute atomic E-state index is 0.0243. The van der Waals surface area contributed by atoms with Crippen molar-refractivity contribution in [1.29, 1.82) is 0 Å². The molecule has 6 atom stereocenters. The zero-order chi connectivity index (χ0) is 21.0. The molecular weight excluding hydrogens is 364 g/mol. The normalized spacial score (nSPS) is 43.7. The van der Waals surface area contributed by atoms with E-state index < -0.39 is 5.60 Å². The summed E-state index contributed by atoms with van der Waals surface area (Å²) in [6.07, 6.45) is 10.4. The summed E-state index contributed by atoms with van der Waals surface area (Å²) >= 11 is 0. The predicted molar refractivity (Wildman–Crippen MR) is 111 cm³/mol. The van der Waals surface area contributed by atoms with E-state index in [-0.39, 0.29) is 28.4 Å². The number of fused-ring (bicyclic) bond motifs is 5. The number of carbonyl (C=O) groups is 3. The lowest BCUT2D eigenvalue weighted by Crippen LogP contribution is -2.58. The first-order valence-electron chi connectivity index (χ1n) is 11.6. The molecule has 0 spiro atoms. The maximum absolute atomic E-state index is 12.9. The first-order valence-corrected chi connectivity index (χ1v) is 11.6. The van der Waals surface area contributed by atoms with Crippen LogP contribution >= 0.6 is 0 Å². The molecule has 0 N–H and O–H groups in total. The van der Waals surface area contributed by atoms with E-state index in [1.54, 1.807) is 6.92 Å². The van der Waals surface area contributed by atoms with Crippen LogP contribution in [-0.4, -0.2) is 23.1 Å². The lowest BCUT2D eigenvalue weighted by atomic mass is 9.46. The highest BCUT2D eigenvalue weighted by molar-refractivity contribution is 5.91. The fraction of sp³-hybridized carbons (Fsp3) is 0.800. The first kappa shape index (κ1) is 20.8. The number of allylic oxidation sites excluding steroid dienone is 1. The van der Waals surface area contributed by atoms with Crippen molar-refractivity contribution in [1.82, 2.24) is 0 Å². The topological polar surface area (TPSA) is 60.4 Å². The third-order valence-corrected chi connectivity index (χ3v) is 9.39. The predicted octanol–water partition coefficient (Wildman–Crippen LogP) is 5.19. The third kappa shape index (κ3) is 2.88. The first-order chi connectivity index (χ1) is 13.7. The van der Waals surface area contributed by atoms with Gasteiger partial charge in [-0.1, -0.05) is 26.3 Å². The number of esters is 1. The largest absolute Gasteiger partial charge is 0.450 e. The Labute approximate surface area is 174 Å². The summed E-state index contributed by atoms with van der Waals surface area (Å²) in [6, 6.07) is 0. The minimum atomic E-state index is -0.950. The van der Waals surface area contributed by atoms with Gasteiger partial charge in [0.1, 0.15) is 0 Å². The van der Waals surface area contributed by atoms with E-state index in [0.29, 0.717) is 37.0 Å². The number of ether oxygens (including phenoxy) is 1. The van der Waals surface area contributed by atoms with Gasteiger partial charge in [0.05, 0.1) is 0 Å². The van der Waals surface area contributed by atoms with Gasteiger partial charge in [-0.25, -0.2) is 0 Å². The number of rotatable bonds is 4. The molecule has 160 valence electrons. The van der Waals surface area contributed by atoms with Gasteiger partial charge in [-0.05, 0) is 87.5 Å². The van der Waals surface area contributed by atoms with Crippen molar-refractivity contribution in [2.24, 2.45) is 28.6 Å². The molecule has 0 saturated heterocycles. The number of hydrogen-bond acceptors (Lipinski definition) is 4. The maximum atomic E-state index is 12.9. The fourth-order valence-electron chi connectivity index (χ4n) is 7.82. The van der Waals surface area contributed by atoms with E-state index in [9.17, 15) is 14.4 Å². The Hall–Kier alpha value is -1.45. The van der Waals surface area contributed by atoms with Gasteiger partial charge in [-0.15, -0.1) is 0 Å². The van der Waals surface area contributed by atoms with Crippen LogP contribution in [0, 0.1) is 28.6 Å². The van der Waals surface area contributed by atoms with Crippen LogP contribution in [0.5, 0.6) is 0 Å². The maximum Gasteiger partial charge on any atom is 0.306 e. The molecule has 4 rings (SSSR count). The van der Waals surface area contributed by atoms with E-state index in [1.165, 1.54) is 5.57 Å². The van der Waals surface area contributed by atoms with Crippen molar-refractivity contribution in [2.75, 3.05) is 0 Å². The van der Waals surface area contributed by atoms with E-state index in [1.807, 2.05) is 13.0 Å². The minimum Gasteiger partial charge on any atom is -0.450 e. The van der Waals surface area contributed by atoms with Gasteiger partial charge in [-0.2, -0.15) is 0 Å². The van der Waals surface area contributed by atoms with Gasteiger partial charge in [0.15, 0.2) is 17.2 Å². The van der Waals surface area contributed by atoms with Crippen LogP contribution in [0.25, 0.3) is 0 Å². The summed E-state index contributed by atoms with van der Waals surface area (Å²) in [4.78, 5) is 37.4. The molecule has 0 bridgehead atoms. The summed E-state index contributed by atoms with van der Waals surface area (Å²) in [5.74, 6) is 1.62. The number of ketones is 2. The van der Waals surface area contributed by atoms with Crippen LogP contribution < -0.4 is 0 Å². The quantitative estimate of drug-likeness (QED) is 0.609. The monoisotopic (exact) mass is 400 g/mol. The lowest BCUT2D eigenvalue weighted by Gasteiger charge is -2.59. The Kier molecular flexibility index (Phi) is 5.07. The van der Waals surface area contributed by atoms with E-state index in [0.717, 1.165) is 44.9 Å². The van der Waals surface area contributed by atoms with Gasteiger partial charge < -0.3 is 4.74 Å². The molecule has 29 heavy (non-hydrogen) atoms. The molecular formula is C25H36O4. The van der Waals surface area contributed by atoms with Crippen molar-refractivity contribution < 1.29 is 19.1 Å². The van der Waals surface area contributed by atoms with Crippen molar-refractivity contribution in [3.05, 3.63) is 11.6 Å². The van der Waals surface area contributed by atoms with Gasteiger partial charge in [-0.3, -0.25) is 14.4 Å². The fourth-order valence-corrected chi connectivity index (χ4v) is 7.82. The SMILES string of the molecule is CCCC(=O)O[C@]1(C(C)=O)CCC2[C@@H]3CCC4=CC(=O)CC[C@]4(C)[C@H]3CC[C@@]21C. The molecule has 0 radical (unpaired) electrons. The summed E-state index contributed by atoms with van der Waals surface area (Å²) < 4.78 is 6.05. The Bertz CT molecular complexity index is 767. The van der Waals surface area contributed by atoms with Crippen LogP contribution in [0.1, 0.15) is 91.9 Å². The Morgan fingerprint density at radius 1 is 1.07 bits per heavy atom. The van der Waals surface area contributed by atoms with Crippen LogP contribution in [-0.2, 0) is 19.1 Å². The second-order valence-electron chi connectivity index (χ2n) is 10.6. The third-order valence-electron chi connectivity index (χ3n) is 9.39. The molecule has 3 fully saturated rings. The zero-order valence-electron chi connectivity index (χ0n) is 18.5. The highest BCUT2D eigenvalue weighted by Crippen LogP contribution is 2.68. The van der Waals surface area contributed by atoms with E-state index in [2.05, 4.69) is 13.8 Å². The van der Waals surface area contributed by atoms with Gasteiger partial charge >= 0.3 is 5.97 Å². The Morgan fingerprint density at radius 2 is 1.79 bits per heavy atom. The number of carbonyl (C=O) groups excluding carboxylic acids is 3. The molecule has 0 amide bonds. The van der Waals surface area contributed by atoms with Crippen molar-refractivity contribution >= 4 is 17.5 Å². The zero-order valence-corrected chi connectivity index (χ0v) is 18.5. The van der Waals surface area contributed by atoms with Crippen molar-refractivity contribution in [3.63, 3.8) is 0 Å². The molecule has 4 nitrogen and oxygen atoms in total. The Morgan fingerprint density at radius 3 is 2.48 bits per heavy atom. The smallest absolute Gasteiger partial charge is 0.306 e. The molecule has 4 heteroatoms. The standard InChI is InChI=1S/C25H36O4/c1-5-6-22(28)29-25(16(2)26)14-11-21-19-8-7-17-15-18(27)9-12-23(17,3)20(19)10-13-24(21,25)4/h15,19-21H,5-14H2,1-4H3/t19-,20+,21?,23+,24+,25+/m1/s1. The average Bonchev–Trinajstić information content (AvgIpc) is 2.96. The van der Waals surface area contributed by atoms with E-state index in [4.69, 9.17) is 4.74 Å². The second-order valence-corrected chi connectivity index (χ2v) is 10.6. The molecule has 3 saturated carbocycles. The molecule has 1 unspecified atom stereocenters. The molecule has 0 aromatic heterocycles. The van der Waals surface area contributed by atoms with Crippen LogP contribution in [0.3, 0.4) is 0 Å². The summed E-state index contributed by atoms with van der Waals surface area (Å²) in [6.45, 7) is 8.18. The highest BCUT2D eigenvalue weighted by atomic mass is 16.6. The van der Waals surface area contributed by atoms with Gasteiger partial charge in [0, 0.05) is 18.3 Å². The van der Waals surface area contributed by atoms with Crippen molar-refractivity contribution in [3.8, 4) is 0 Å². The summed E-state index contributed by atoms with van der Waals surface area (Å²) in [5.41, 5.74) is 0.266. The van der Waals surface area contributed by atoms with Crippen LogP contribution in [0.15, 0.2) is 11.6 Å². The number of hydrogen-bond donors (Lipinski definition) is 0.